The van der Waals surface area contributed by atoms with E-state index in [9.17, 15) is 14.4 Å². The van der Waals surface area contributed by atoms with Gasteiger partial charge in [-0.3, -0.25) is 9.59 Å². The number of hydrogen-bond acceptors (Lipinski definition) is 5. The number of allylic oxidation sites excluding steroid dienone is 1. The number of hydrogen-bond donors (Lipinski definition) is 2. The summed E-state index contributed by atoms with van der Waals surface area (Å²) in [6.45, 7) is 3.56. The van der Waals surface area contributed by atoms with Crippen molar-refractivity contribution in [2.75, 3.05) is 11.9 Å². The van der Waals surface area contributed by atoms with Crippen LogP contribution in [0.5, 0.6) is 0 Å². The third-order valence-corrected chi connectivity index (χ3v) is 6.66. The lowest BCUT2D eigenvalue weighted by molar-refractivity contribution is -0.129. The molecule has 0 fully saturated rings. The van der Waals surface area contributed by atoms with Crippen LogP contribution in [0.4, 0.5) is 5.00 Å². The summed E-state index contributed by atoms with van der Waals surface area (Å²) in [5.74, 6) is -1.05. The van der Waals surface area contributed by atoms with Crippen LogP contribution in [0.3, 0.4) is 0 Å². The Kier molecular flexibility index (Phi) is 7.47. The number of esters is 1. The first-order valence-corrected chi connectivity index (χ1v) is 11.4. The van der Waals surface area contributed by atoms with Crippen LogP contribution in [-0.2, 0) is 27.2 Å². The average Bonchev–Trinajstić information content (AvgIpc) is 3.05. The van der Waals surface area contributed by atoms with Crippen LogP contribution in [0.1, 0.15) is 79.6 Å². The highest BCUT2D eigenvalue weighted by Gasteiger charge is 2.29. The number of aryl methyl sites for hydroxylation is 1. The number of rotatable bonds is 7. The highest BCUT2D eigenvalue weighted by atomic mass is 32.1. The maximum Gasteiger partial charge on any atom is 0.342 e. The van der Waals surface area contributed by atoms with Crippen molar-refractivity contribution in [3.63, 3.8) is 0 Å². The second-order valence-corrected chi connectivity index (χ2v) is 8.90. The first kappa shape index (κ1) is 21.6. The number of carbonyl (C=O) groups excluding carboxylic acids is 3. The molecule has 2 N–H and O–H groups in total. The molecule has 1 aromatic heterocycles. The SMILES string of the molecule is CC(=O)Nc1sc2c(c1C(=O)O[C@H](C)C(=O)NCCC1=CCCCC1)CCCC2. The van der Waals surface area contributed by atoms with Crippen molar-refractivity contribution >= 4 is 34.1 Å². The average molecular weight is 419 g/mol. The lowest BCUT2D eigenvalue weighted by Crippen LogP contribution is -2.36. The fraction of sp³-hybridized carbons (Fsp3) is 0.591. The fourth-order valence-electron chi connectivity index (χ4n) is 3.92. The van der Waals surface area contributed by atoms with Gasteiger partial charge in [-0.1, -0.05) is 11.6 Å². The molecule has 3 rings (SSSR count). The van der Waals surface area contributed by atoms with Gasteiger partial charge in [-0.25, -0.2) is 4.79 Å². The van der Waals surface area contributed by atoms with Gasteiger partial charge in [0.05, 0.1) is 5.56 Å². The Morgan fingerprint density at radius 1 is 1.14 bits per heavy atom. The van der Waals surface area contributed by atoms with Crippen LogP contribution in [0.2, 0.25) is 0 Å². The lowest BCUT2D eigenvalue weighted by atomic mass is 9.95. The molecule has 0 spiro atoms. The molecule has 2 amide bonds. The molecular formula is C22H30N2O4S. The molecule has 1 heterocycles. The molecule has 0 radical (unpaired) electrons. The van der Waals surface area contributed by atoms with Crippen LogP contribution in [0, 0.1) is 0 Å². The topological polar surface area (TPSA) is 84.5 Å². The minimum absolute atomic E-state index is 0.222. The van der Waals surface area contributed by atoms with Crippen LogP contribution in [-0.4, -0.2) is 30.4 Å². The monoisotopic (exact) mass is 418 g/mol. The van der Waals surface area contributed by atoms with Gasteiger partial charge in [-0.15, -0.1) is 11.3 Å². The summed E-state index contributed by atoms with van der Waals surface area (Å²) in [6, 6.07) is 0. The predicted octanol–water partition coefficient (Wildman–Crippen LogP) is 4.14. The molecular weight excluding hydrogens is 388 g/mol. The van der Waals surface area contributed by atoms with E-state index in [1.54, 1.807) is 6.92 Å². The molecule has 0 aliphatic heterocycles. The molecule has 6 nitrogen and oxygen atoms in total. The summed E-state index contributed by atoms with van der Waals surface area (Å²) in [7, 11) is 0. The largest absolute Gasteiger partial charge is 0.449 e. The van der Waals surface area contributed by atoms with Gasteiger partial charge in [0.15, 0.2) is 6.10 Å². The molecule has 7 heteroatoms. The highest BCUT2D eigenvalue weighted by molar-refractivity contribution is 7.17. The Bertz CT molecular complexity index is 812. The summed E-state index contributed by atoms with van der Waals surface area (Å²) in [5, 5.41) is 6.16. The van der Waals surface area contributed by atoms with Gasteiger partial charge in [-0.2, -0.15) is 0 Å². The number of amides is 2. The lowest BCUT2D eigenvalue weighted by Gasteiger charge is -2.17. The zero-order valence-electron chi connectivity index (χ0n) is 17.3. The minimum atomic E-state index is -0.882. The Hall–Kier alpha value is -2.15. The molecule has 0 unspecified atom stereocenters. The van der Waals surface area contributed by atoms with E-state index in [1.807, 2.05) is 0 Å². The molecule has 0 aromatic carbocycles. The smallest absolute Gasteiger partial charge is 0.342 e. The van der Waals surface area contributed by atoms with Gasteiger partial charge in [0.2, 0.25) is 5.91 Å². The maximum absolute atomic E-state index is 12.9. The molecule has 29 heavy (non-hydrogen) atoms. The molecule has 2 aliphatic carbocycles. The standard InChI is InChI=1S/C22H30N2O4S/c1-14(20(26)23-13-12-16-8-4-3-5-9-16)28-22(27)19-17-10-6-7-11-18(17)29-21(19)24-15(2)25/h8,14H,3-7,9-13H2,1-2H3,(H,23,26)(H,24,25)/t14-/m1/s1. The van der Waals surface area contributed by atoms with E-state index >= 15 is 0 Å². The quantitative estimate of drug-likeness (QED) is 0.515. The van der Waals surface area contributed by atoms with Gasteiger partial charge >= 0.3 is 5.97 Å². The Balaban J connectivity index is 1.60. The third-order valence-electron chi connectivity index (χ3n) is 5.45. The van der Waals surface area contributed by atoms with Crippen molar-refractivity contribution in [1.82, 2.24) is 5.32 Å². The molecule has 2 aliphatic rings. The second kappa shape index (κ2) is 10.1. The summed E-state index contributed by atoms with van der Waals surface area (Å²) in [4.78, 5) is 37.9. The molecule has 0 saturated heterocycles. The van der Waals surface area contributed by atoms with Gasteiger partial charge in [0.1, 0.15) is 5.00 Å². The summed E-state index contributed by atoms with van der Waals surface area (Å²) < 4.78 is 5.48. The van der Waals surface area contributed by atoms with Gasteiger partial charge < -0.3 is 15.4 Å². The van der Waals surface area contributed by atoms with E-state index in [4.69, 9.17) is 4.74 Å². The third kappa shape index (κ3) is 5.69. The van der Waals surface area contributed by atoms with E-state index in [1.165, 1.54) is 36.7 Å². The van der Waals surface area contributed by atoms with Gasteiger partial charge in [-0.05, 0) is 70.3 Å². The van der Waals surface area contributed by atoms with E-state index in [0.29, 0.717) is 17.1 Å². The molecule has 158 valence electrons. The number of carbonyl (C=O) groups is 3. The predicted molar refractivity (Wildman–Crippen MR) is 114 cm³/mol. The first-order valence-electron chi connectivity index (χ1n) is 10.5. The minimum Gasteiger partial charge on any atom is -0.449 e. The van der Waals surface area contributed by atoms with E-state index in [2.05, 4.69) is 16.7 Å². The molecule has 0 bridgehead atoms. The Morgan fingerprint density at radius 3 is 2.62 bits per heavy atom. The van der Waals surface area contributed by atoms with Crippen molar-refractivity contribution in [2.45, 2.75) is 77.7 Å². The van der Waals surface area contributed by atoms with E-state index in [0.717, 1.165) is 55.4 Å². The Morgan fingerprint density at radius 2 is 1.90 bits per heavy atom. The first-order chi connectivity index (χ1) is 14.0. The summed E-state index contributed by atoms with van der Waals surface area (Å²) in [5.41, 5.74) is 2.78. The summed E-state index contributed by atoms with van der Waals surface area (Å²) >= 11 is 1.44. The highest BCUT2D eigenvalue weighted by Crippen LogP contribution is 2.38. The zero-order chi connectivity index (χ0) is 20.8. The second-order valence-electron chi connectivity index (χ2n) is 7.79. The number of fused-ring (bicyclic) bond motifs is 1. The molecule has 1 aromatic rings. The number of ether oxygens (including phenoxy) is 1. The molecule has 1 atom stereocenters. The molecule has 0 saturated carbocycles. The van der Waals surface area contributed by atoms with E-state index in [-0.39, 0.29) is 11.8 Å². The van der Waals surface area contributed by atoms with Crippen molar-refractivity contribution in [3.8, 4) is 0 Å². The van der Waals surface area contributed by atoms with E-state index < -0.39 is 12.1 Å². The fourth-order valence-corrected chi connectivity index (χ4v) is 5.25. The summed E-state index contributed by atoms with van der Waals surface area (Å²) in [6.07, 6.45) is 10.7. The zero-order valence-corrected chi connectivity index (χ0v) is 18.1. The Labute approximate surface area is 176 Å². The number of thiophene rings is 1. The number of anilines is 1. The van der Waals surface area contributed by atoms with Crippen LogP contribution in [0.25, 0.3) is 0 Å². The van der Waals surface area contributed by atoms with Crippen molar-refractivity contribution in [1.29, 1.82) is 0 Å². The normalized spacial score (nSPS) is 17.0. The number of nitrogens with one attached hydrogen (secondary N) is 2. The van der Waals surface area contributed by atoms with Gasteiger partial charge in [0, 0.05) is 18.3 Å². The van der Waals surface area contributed by atoms with Crippen molar-refractivity contribution in [3.05, 3.63) is 27.7 Å². The van der Waals surface area contributed by atoms with Gasteiger partial charge in [0.25, 0.3) is 5.91 Å². The van der Waals surface area contributed by atoms with Crippen LogP contribution < -0.4 is 10.6 Å². The van der Waals surface area contributed by atoms with Crippen molar-refractivity contribution in [2.24, 2.45) is 0 Å². The van der Waals surface area contributed by atoms with Crippen molar-refractivity contribution < 1.29 is 19.1 Å². The van der Waals surface area contributed by atoms with Crippen LogP contribution in [0.15, 0.2) is 11.6 Å². The maximum atomic E-state index is 12.9. The van der Waals surface area contributed by atoms with Crippen LogP contribution >= 0.6 is 11.3 Å².